The van der Waals surface area contributed by atoms with Crippen LogP contribution in [0.3, 0.4) is 0 Å². The van der Waals surface area contributed by atoms with E-state index in [1.54, 1.807) is 25.1 Å². The van der Waals surface area contributed by atoms with E-state index < -0.39 is 0 Å². The molecule has 1 saturated heterocycles. The van der Waals surface area contributed by atoms with Crippen molar-refractivity contribution < 1.29 is 14.3 Å². The van der Waals surface area contributed by atoms with Crippen LogP contribution in [0.15, 0.2) is 30.5 Å². The van der Waals surface area contributed by atoms with E-state index in [-0.39, 0.29) is 17.7 Å². The Kier molecular flexibility index (Phi) is 5.69. The second kappa shape index (κ2) is 8.16. The molecule has 2 heterocycles. The molecular formula is C20H24N4O3. The lowest BCUT2D eigenvalue weighted by molar-refractivity contribution is -0.127. The standard InChI is InChI=1S/C20H24N4O3/c1-13-18(20(26)22-10-15-5-4-6-17(9-15)27-3)11-21-19(23-13)16-7-8-24(12-16)14(2)25/h4-6,9,11,16H,7-8,10,12H2,1-3H3,(H,22,26)/t16-/m0/s1. The number of carbonyl (C=O) groups excluding carboxylic acids is 2. The van der Waals surface area contributed by atoms with E-state index in [0.29, 0.717) is 30.2 Å². The van der Waals surface area contributed by atoms with Crippen molar-refractivity contribution in [1.29, 1.82) is 0 Å². The van der Waals surface area contributed by atoms with Crippen LogP contribution < -0.4 is 10.1 Å². The predicted octanol–water partition coefficient (Wildman–Crippen LogP) is 2.06. The van der Waals surface area contributed by atoms with Gasteiger partial charge in [-0.15, -0.1) is 0 Å². The highest BCUT2D eigenvalue weighted by atomic mass is 16.5. The van der Waals surface area contributed by atoms with Crippen molar-refractivity contribution in [1.82, 2.24) is 20.2 Å². The molecule has 0 saturated carbocycles. The molecule has 1 aliphatic heterocycles. The van der Waals surface area contributed by atoms with Crippen molar-refractivity contribution in [3.8, 4) is 5.75 Å². The van der Waals surface area contributed by atoms with Crippen molar-refractivity contribution in [3.63, 3.8) is 0 Å². The summed E-state index contributed by atoms with van der Waals surface area (Å²) in [6.07, 6.45) is 2.43. The van der Waals surface area contributed by atoms with Gasteiger partial charge < -0.3 is 15.0 Å². The Morgan fingerprint density at radius 2 is 2.19 bits per heavy atom. The highest BCUT2D eigenvalue weighted by Crippen LogP contribution is 2.25. The fourth-order valence-electron chi connectivity index (χ4n) is 3.22. The fourth-order valence-corrected chi connectivity index (χ4v) is 3.22. The first-order chi connectivity index (χ1) is 13.0. The number of amides is 2. The molecule has 142 valence electrons. The van der Waals surface area contributed by atoms with Gasteiger partial charge in [0.25, 0.3) is 5.91 Å². The molecule has 1 aromatic carbocycles. The predicted molar refractivity (Wildman–Crippen MR) is 101 cm³/mol. The summed E-state index contributed by atoms with van der Waals surface area (Å²) in [6, 6.07) is 7.55. The van der Waals surface area contributed by atoms with Crippen LogP contribution in [0, 0.1) is 6.92 Å². The Labute approximate surface area is 158 Å². The number of benzene rings is 1. The zero-order valence-corrected chi connectivity index (χ0v) is 15.9. The average Bonchev–Trinajstić information content (AvgIpc) is 3.17. The van der Waals surface area contributed by atoms with Crippen LogP contribution in [0.1, 0.15) is 46.7 Å². The molecule has 3 rings (SSSR count). The SMILES string of the molecule is COc1cccc(CNC(=O)c2cnc([C@H]3CCN(C(C)=O)C3)nc2C)c1. The Hall–Kier alpha value is -2.96. The summed E-state index contributed by atoms with van der Waals surface area (Å²) in [4.78, 5) is 34.7. The molecule has 27 heavy (non-hydrogen) atoms. The highest BCUT2D eigenvalue weighted by molar-refractivity contribution is 5.94. The van der Waals surface area contributed by atoms with Crippen LogP contribution >= 0.6 is 0 Å². The summed E-state index contributed by atoms with van der Waals surface area (Å²) in [6.45, 7) is 5.14. The molecule has 2 amide bonds. The number of ether oxygens (including phenoxy) is 1. The van der Waals surface area contributed by atoms with Crippen LogP contribution in [0.25, 0.3) is 0 Å². The molecular weight excluding hydrogens is 344 g/mol. The quantitative estimate of drug-likeness (QED) is 0.873. The summed E-state index contributed by atoms with van der Waals surface area (Å²) in [5.74, 6) is 1.44. The summed E-state index contributed by atoms with van der Waals surface area (Å²) < 4.78 is 5.19. The maximum Gasteiger partial charge on any atom is 0.254 e. The number of hydrogen-bond acceptors (Lipinski definition) is 5. The van der Waals surface area contributed by atoms with Crippen LogP contribution in [0.2, 0.25) is 0 Å². The summed E-state index contributed by atoms with van der Waals surface area (Å²) in [5.41, 5.74) is 2.06. The normalized spacial score (nSPS) is 16.3. The van der Waals surface area contributed by atoms with Crippen molar-refractivity contribution in [2.24, 2.45) is 0 Å². The lowest BCUT2D eigenvalue weighted by Crippen LogP contribution is -2.26. The summed E-state index contributed by atoms with van der Waals surface area (Å²) >= 11 is 0. The smallest absolute Gasteiger partial charge is 0.254 e. The van der Waals surface area contributed by atoms with Gasteiger partial charge in [-0.1, -0.05) is 12.1 Å². The number of rotatable bonds is 5. The van der Waals surface area contributed by atoms with Crippen LogP contribution in [-0.2, 0) is 11.3 Å². The van der Waals surface area contributed by atoms with Gasteiger partial charge in [0.2, 0.25) is 5.91 Å². The fraction of sp³-hybridized carbons (Fsp3) is 0.400. The van der Waals surface area contributed by atoms with E-state index in [0.717, 1.165) is 24.3 Å². The van der Waals surface area contributed by atoms with Crippen LogP contribution in [0.4, 0.5) is 0 Å². The molecule has 0 unspecified atom stereocenters. The number of likely N-dealkylation sites (tertiary alicyclic amines) is 1. The number of carbonyl (C=O) groups is 2. The molecule has 0 bridgehead atoms. The molecule has 0 radical (unpaired) electrons. The second-order valence-corrected chi connectivity index (χ2v) is 6.71. The first kappa shape index (κ1) is 18.8. The second-order valence-electron chi connectivity index (χ2n) is 6.71. The van der Waals surface area contributed by atoms with Gasteiger partial charge in [0.1, 0.15) is 11.6 Å². The lowest BCUT2D eigenvalue weighted by atomic mass is 10.1. The van der Waals surface area contributed by atoms with Crippen molar-refractivity contribution in [2.75, 3.05) is 20.2 Å². The van der Waals surface area contributed by atoms with Crippen molar-refractivity contribution in [3.05, 3.63) is 53.1 Å². The monoisotopic (exact) mass is 368 g/mol. The summed E-state index contributed by atoms with van der Waals surface area (Å²) in [5, 5.41) is 2.89. The zero-order chi connectivity index (χ0) is 19.4. The molecule has 1 aromatic heterocycles. The Morgan fingerprint density at radius 3 is 2.85 bits per heavy atom. The van der Waals surface area contributed by atoms with Gasteiger partial charge in [0, 0.05) is 38.7 Å². The van der Waals surface area contributed by atoms with Gasteiger partial charge in [-0.2, -0.15) is 0 Å². The minimum Gasteiger partial charge on any atom is -0.497 e. The van der Waals surface area contributed by atoms with Crippen molar-refractivity contribution >= 4 is 11.8 Å². The first-order valence-corrected chi connectivity index (χ1v) is 8.98. The van der Waals surface area contributed by atoms with Gasteiger partial charge >= 0.3 is 0 Å². The molecule has 1 N–H and O–H groups in total. The van der Waals surface area contributed by atoms with Gasteiger partial charge in [-0.3, -0.25) is 9.59 Å². The van der Waals surface area contributed by atoms with Crippen molar-refractivity contribution in [2.45, 2.75) is 32.7 Å². The number of hydrogen-bond donors (Lipinski definition) is 1. The van der Waals surface area contributed by atoms with Gasteiger partial charge in [0.15, 0.2) is 0 Å². The topological polar surface area (TPSA) is 84.4 Å². The third-order valence-electron chi connectivity index (χ3n) is 4.83. The number of nitrogens with zero attached hydrogens (tertiary/aromatic N) is 3. The minimum atomic E-state index is -0.210. The minimum absolute atomic E-state index is 0.0720. The zero-order valence-electron chi connectivity index (χ0n) is 15.9. The molecule has 0 aliphatic carbocycles. The van der Waals surface area contributed by atoms with E-state index in [1.807, 2.05) is 31.2 Å². The van der Waals surface area contributed by atoms with Gasteiger partial charge in [-0.05, 0) is 31.0 Å². The van der Waals surface area contributed by atoms with Crippen LogP contribution in [-0.4, -0.2) is 46.9 Å². The first-order valence-electron chi connectivity index (χ1n) is 8.98. The van der Waals surface area contributed by atoms with Gasteiger partial charge in [0.05, 0.1) is 18.4 Å². The third kappa shape index (κ3) is 4.42. The molecule has 7 nitrogen and oxygen atoms in total. The highest BCUT2D eigenvalue weighted by Gasteiger charge is 2.28. The molecule has 1 aliphatic rings. The molecule has 0 spiro atoms. The molecule has 1 atom stereocenters. The molecule has 7 heteroatoms. The largest absolute Gasteiger partial charge is 0.497 e. The number of nitrogens with one attached hydrogen (secondary N) is 1. The summed E-state index contributed by atoms with van der Waals surface area (Å²) in [7, 11) is 1.61. The Balaban J connectivity index is 1.64. The number of methoxy groups -OCH3 is 1. The molecule has 2 aromatic rings. The number of aromatic nitrogens is 2. The van der Waals surface area contributed by atoms with E-state index >= 15 is 0 Å². The Morgan fingerprint density at radius 1 is 1.37 bits per heavy atom. The maximum atomic E-state index is 12.5. The van der Waals surface area contributed by atoms with Crippen LogP contribution in [0.5, 0.6) is 5.75 Å². The van der Waals surface area contributed by atoms with Gasteiger partial charge in [-0.25, -0.2) is 9.97 Å². The molecule has 1 fully saturated rings. The lowest BCUT2D eigenvalue weighted by Gasteiger charge is -2.14. The third-order valence-corrected chi connectivity index (χ3v) is 4.83. The van der Waals surface area contributed by atoms with E-state index in [4.69, 9.17) is 4.74 Å². The van der Waals surface area contributed by atoms with E-state index in [9.17, 15) is 9.59 Å². The number of aryl methyl sites for hydroxylation is 1. The maximum absolute atomic E-state index is 12.5. The van der Waals surface area contributed by atoms with E-state index in [2.05, 4.69) is 15.3 Å². The average molecular weight is 368 g/mol. The Bertz CT molecular complexity index is 853. The van der Waals surface area contributed by atoms with E-state index in [1.165, 1.54) is 0 Å².